The Hall–Kier alpha value is -3.16. The Balaban J connectivity index is 1.74. The van der Waals surface area contributed by atoms with Crippen molar-refractivity contribution in [2.24, 2.45) is 7.05 Å². The van der Waals surface area contributed by atoms with Gasteiger partial charge in [-0.3, -0.25) is 19.1 Å². The van der Waals surface area contributed by atoms with Crippen LogP contribution in [-0.2, 0) is 28.0 Å². The Morgan fingerprint density at radius 3 is 2.45 bits per heavy atom. The van der Waals surface area contributed by atoms with Gasteiger partial charge in [-0.2, -0.15) is 5.10 Å². The minimum Gasteiger partial charge on any atom is -0.344 e. The van der Waals surface area contributed by atoms with Gasteiger partial charge in [-0.15, -0.1) is 0 Å². The van der Waals surface area contributed by atoms with Crippen LogP contribution in [0.3, 0.4) is 0 Å². The molecule has 0 aliphatic carbocycles. The summed E-state index contributed by atoms with van der Waals surface area (Å²) >= 11 is 0. The summed E-state index contributed by atoms with van der Waals surface area (Å²) in [4.78, 5) is 39.4. The van der Waals surface area contributed by atoms with E-state index >= 15 is 0 Å². The van der Waals surface area contributed by atoms with Crippen LogP contribution in [0, 0.1) is 20.8 Å². The summed E-state index contributed by atoms with van der Waals surface area (Å²) in [7, 11) is 1.83. The van der Waals surface area contributed by atoms with E-state index in [-0.39, 0.29) is 18.5 Å². The number of fused-ring (bicyclic) bond motifs is 1. The molecule has 1 atom stereocenters. The van der Waals surface area contributed by atoms with Crippen molar-refractivity contribution in [3.63, 3.8) is 0 Å². The van der Waals surface area contributed by atoms with Gasteiger partial charge in [-0.25, -0.2) is 0 Å². The van der Waals surface area contributed by atoms with Crippen molar-refractivity contribution in [3.05, 3.63) is 46.3 Å². The smallest absolute Gasteiger partial charge is 0.310 e. The summed E-state index contributed by atoms with van der Waals surface area (Å²) < 4.78 is 1.73. The lowest BCUT2D eigenvalue weighted by Crippen LogP contribution is -2.45. The number of hydrogen-bond donors (Lipinski definition) is 2. The van der Waals surface area contributed by atoms with Gasteiger partial charge in [0.25, 0.3) is 5.91 Å². The number of hydrogen-bond acceptors (Lipinski definition) is 4. The molecule has 0 fully saturated rings. The monoisotopic (exact) mass is 397 g/mol. The molecular weight excluding hydrogens is 370 g/mol. The Kier molecular flexibility index (Phi) is 5.46. The third kappa shape index (κ3) is 3.74. The zero-order valence-corrected chi connectivity index (χ0v) is 17.7. The second-order valence-electron chi connectivity index (χ2n) is 7.73. The molecule has 29 heavy (non-hydrogen) atoms. The molecule has 3 rings (SSSR count). The van der Waals surface area contributed by atoms with Gasteiger partial charge in [0.15, 0.2) is 0 Å². The maximum atomic E-state index is 12.9. The summed E-state index contributed by atoms with van der Waals surface area (Å²) in [5, 5.41) is 9.53. The lowest BCUT2D eigenvalue weighted by Gasteiger charge is -2.22. The topological polar surface area (TPSA) is 96.3 Å². The maximum absolute atomic E-state index is 12.9. The third-order valence-corrected chi connectivity index (χ3v) is 5.32. The Morgan fingerprint density at radius 1 is 1.17 bits per heavy atom. The van der Waals surface area contributed by atoms with Crippen molar-refractivity contribution in [3.8, 4) is 0 Å². The number of anilines is 1. The lowest BCUT2D eigenvalue weighted by atomic mass is 10.1. The molecule has 1 aromatic carbocycles. The lowest BCUT2D eigenvalue weighted by molar-refractivity contribution is -0.140. The zero-order chi connectivity index (χ0) is 21.5. The van der Waals surface area contributed by atoms with E-state index in [0.29, 0.717) is 5.56 Å². The van der Waals surface area contributed by atoms with Crippen LogP contribution < -0.4 is 15.5 Å². The molecule has 1 unspecified atom stereocenters. The van der Waals surface area contributed by atoms with Crippen LogP contribution in [0.5, 0.6) is 0 Å². The number of aryl methyl sites for hydroxylation is 3. The number of nitrogens with zero attached hydrogens (tertiary/aromatic N) is 3. The fourth-order valence-electron chi connectivity index (χ4n) is 3.71. The largest absolute Gasteiger partial charge is 0.344 e. The molecule has 8 heteroatoms. The first-order valence-corrected chi connectivity index (χ1v) is 9.63. The molecule has 3 amide bonds. The number of carbonyl (C=O) groups is 3. The number of nitrogens with one attached hydrogen (secondary N) is 2. The molecule has 0 spiro atoms. The second-order valence-corrected chi connectivity index (χ2v) is 7.73. The van der Waals surface area contributed by atoms with Gasteiger partial charge in [0.05, 0.1) is 5.69 Å². The quantitative estimate of drug-likeness (QED) is 0.766. The standard InChI is InChI=1S/C21H27N5O3/c1-11(2)26-17-8-7-12(3)9-15(17)18(21(26)29)23-20(28)19(27)22-10-16-13(4)24-25(6)14(16)5/h7-9,11,18H,10H2,1-6H3,(H,22,27)(H,23,28). The van der Waals surface area contributed by atoms with Gasteiger partial charge >= 0.3 is 11.8 Å². The van der Waals surface area contributed by atoms with Crippen molar-refractivity contribution in [1.82, 2.24) is 20.4 Å². The number of rotatable bonds is 4. The highest BCUT2D eigenvalue weighted by atomic mass is 16.2. The first kappa shape index (κ1) is 20.6. The van der Waals surface area contributed by atoms with Crippen molar-refractivity contribution in [2.45, 2.75) is 53.2 Å². The molecule has 0 saturated carbocycles. The van der Waals surface area contributed by atoms with Gasteiger partial charge in [0.2, 0.25) is 0 Å². The molecule has 1 aromatic heterocycles. The molecule has 2 heterocycles. The number of benzene rings is 1. The molecule has 1 aliphatic rings. The van der Waals surface area contributed by atoms with Crippen LogP contribution in [0.4, 0.5) is 5.69 Å². The Bertz CT molecular complexity index is 992. The van der Waals surface area contributed by atoms with Crippen LogP contribution in [0.25, 0.3) is 0 Å². The minimum atomic E-state index is -0.868. The zero-order valence-electron chi connectivity index (χ0n) is 17.7. The van der Waals surface area contributed by atoms with Crippen molar-refractivity contribution in [1.29, 1.82) is 0 Å². The average Bonchev–Trinajstić information content (AvgIpc) is 3.06. The van der Waals surface area contributed by atoms with Crippen LogP contribution in [0.1, 0.15) is 48.0 Å². The maximum Gasteiger partial charge on any atom is 0.310 e. The molecule has 2 N–H and O–H groups in total. The van der Waals surface area contributed by atoms with Gasteiger partial charge in [0.1, 0.15) is 6.04 Å². The predicted octanol–water partition coefficient (Wildman–Crippen LogP) is 1.57. The first-order chi connectivity index (χ1) is 13.6. The summed E-state index contributed by atoms with van der Waals surface area (Å²) in [6, 6.07) is 4.75. The van der Waals surface area contributed by atoms with E-state index in [1.807, 2.05) is 59.9 Å². The molecule has 8 nitrogen and oxygen atoms in total. The average molecular weight is 397 g/mol. The van der Waals surface area contributed by atoms with E-state index in [1.54, 1.807) is 9.58 Å². The van der Waals surface area contributed by atoms with E-state index in [9.17, 15) is 14.4 Å². The minimum absolute atomic E-state index is 0.0591. The van der Waals surface area contributed by atoms with Crippen LogP contribution in [0.15, 0.2) is 18.2 Å². The molecule has 1 aliphatic heterocycles. The van der Waals surface area contributed by atoms with E-state index < -0.39 is 17.9 Å². The highest BCUT2D eigenvalue weighted by Gasteiger charge is 2.40. The molecule has 0 saturated heterocycles. The normalized spacial score (nSPS) is 15.6. The van der Waals surface area contributed by atoms with Crippen molar-refractivity contribution in [2.75, 3.05) is 4.90 Å². The molecule has 154 valence electrons. The third-order valence-electron chi connectivity index (χ3n) is 5.32. The molecule has 0 radical (unpaired) electrons. The number of aromatic nitrogens is 2. The summed E-state index contributed by atoms with van der Waals surface area (Å²) in [5.41, 5.74) is 5.05. The molecular formula is C21H27N5O3. The second kappa shape index (κ2) is 7.69. The highest BCUT2D eigenvalue weighted by Crippen LogP contribution is 2.37. The van der Waals surface area contributed by atoms with Gasteiger partial charge in [-0.1, -0.05) is 17.7 Å². The van der Waals surface area contributed by atoms with Crippen molar-refractivity contribution >= 4 is 23.4 Å². The van der Waals surface area contributed by atoms with E-state index in [4.69, 9.17) is 0 Å². The summed E-state index contributed by atoms with van der Waals surface area (Å²) in [6.45, 7) is 9.70. The van der Waals surface area contributed by atoms with Crippen LogP contribution in [0.2, 0.25) is 0 Å². The molecule has 2 aromatic rings. The fourth-order valence-corrected chi connectivity index (χ4v) is 3.71. The SMILES string of the molecule is Cc1ccc2c(c1)C(NC(=O)C(=O)NCc1c(C)nn(C)c1C)C(=O)N2C(C)C. The number of carbonyl (C=O) groups excluding carboxylic acids is 3. The fraction of sp³-hybridized carbons (Fsp3) is 0.429. The van der Waals surface area contributed by atoms with Gasteiger partial charge in [-0.05, 0) is 40.7 Å². The Morgan fingerprint density at radius 2 is 1.86 bits per heavy atom. The van der Waals surface area contributed by atoms with Gasteiger partial charge < -0.3 is 15.5 Å². The van der Waals surface area contributed by atoms with Gasteiger partial charge in [0, 0.05) is 42.1 Å². The van der Waals surface area contributed by atoms with Crippen molar-refractivity contribution < 1.29 is 14.4 Å². The summed E-state index contributed by atoms with van der Waals surface area (Å²) in [6.07, 6.45) is 0. The Labute approximate surface area is 170 Å². The van der Waals surface area contributed by atoms with E-state index in [1.165, 1.54) is 0 Å². The van der Waals surface area contributed by atoms with Crippen LogP contribution >= 0.6 is 0 Å². The van der Waals surface area contributed by atoms with E-state index in [0.717, 1.165) is 28.2 Å². The first-order valence-electron chi connectivity index (χ1n) is 9.63. The van der Waals surface area contributed by atoms with E-state index in [2.05, 4.69) is 15.7 Å². The number of amides is 3. The molecule has 0 bridgehead atoms. The predicted molar refractivity (Wildman–Crippen MR) is 109 cm³/mol. The van der Waals surface area contributed by atoms with Crippen LogP contribution in [-0.4, -0.2) is 33.5 Å². The highest BCUT2D eigenvalue weighted by molar-refractivity contribution is 6.35. The summed E-state index contributed by atoms with van der Waals surface area (Å²) in [5.74, 6) is -1.85.